The van der Waals surface area contributed by atoms with E-state index in [1.165, 1.54) is 0 Å². The number of carbonyl (C=O) groups is 1. The van der Waals surface area contributed by atoms with Crippen molar-refractivity contribution < 1.29 is 9.53 Å². The summed E-state index contributed by atoms with van der Waals surface area (Å²) in [5, 5.41) is 0. The van der Waals surface area contributed by atoms with Crippen LogP contribution in [0.15, 0.2) is 48.5 Å². The molecule has 3 rings (SSSR count). The van der Waals surface area contributed by atoms with Gasteiger partial charge in [0.2, 0.25) is 0 Å². The van der Waals surface area contributed by atoms with Crippen LogP contribution >= 0.6 is 0 Å². The monoisotopic (exact) mass is 282 g/mol. The molecule has 1 aliphatic heterocycles. The standard InChI is InChI=1S/C17H18N2O2/c18-9-11-21-15-6-3-5-14(12-15)19-10-8-13-4-1-2-7-16(13)17(19)20/h1-7,12H,8-11,18H2. The van der Waals surface area contributed by atoms with Gasteiger partial charge >= 0.3 is 0 Å². The number of nitrogens with zero attached hydrogens (tertiary/aromatic N) is 1. The Kier molecular flexibility index (Phi) is 3.88. The Hall–Kier alpha value is -2.33. The van der Waals surface area contributed by atoms with Crippen molar-refractivity contribution in [3.05, 3.63) is 59.7 Å². The zero-order valence-corrected chi connectivity index (χ0v) is 11.8. The van der Waals surface area contributed by atoms with Crippen LogP contribution in [0.1, 0.15) is 15.9 Å². The van der Waals surface area contributed by atoms with Gasteiger partial charge in [0.05, 0.1) is 0 Å². The summed E-state index contributed by atoms with van der Waals surface area (Å²) >= 11 is 0. The molecule has 2 aromatic carbocycles. The molecule has 0 saturated carbocycles. The Labute approximate surface area is 124 Å². The van der Waals surface area contributed by atoms with E-state index in [0.717, 1.165) is 29.0 Å². The fraction of sp³-hybridized carbons (Fsp3) is 0.235. The van der Waals surface area contributed by atoms with Crippen LogP contribution in [0.2, 0.25) is 0 Å². The van der Waals surface area contributed by atoms with Gasteiger partial charge in [0.25, 0.3) is 5.91 Å². The summed E-state index contributed by atoms with van der Waals surface area (Å²) in [6.45, 7) is 1.64. The van der Waals surface area contributed by atoms with Gasteiger partial charge in [-0.3, -0.25) is 4.79 Å². The van der Waals surface area contributed by atoms with Crippen LogP contribution in [0.5, 0.6) is 5.75 Å². The Bertz CT molecular complexity index is 655. The van der Waals surface area contributed by atoms with Gasteiger partial charge in [-0.15, -0.1) is 0 Å². The Morgan fingerprint density at radius 1 is 1.14 bits per heavy atom. The second-order valence-corrected chi connectivity index (χ2v) is 5.00. The quantitative estimate of drug-likeness (QED) is 0.935. The number of nitrogens with two attached hydrogens (primary N) is 1. The van der Waals surface area contributed by atoms with Crippen LogP contribution in [0.3, 0.4) is 0 Å². The molecule has 1 heterocycles. The molecule has 0 bridgehead atoms. The van der Waals surface area contributed by atoms with Gasteiger partial charge in [-0.1, -0.05) is 24.3 Å². The number of ether oxygens (including phenoxy) is 1. The van der Waals surface area contributed by atoms with Crippen molar-refractivity contribution in [3.63, 3.8) is 0 Å². The second kappa shape index (κ2) is 5.97. The van der Waals surface area contributed by atoms with Crippen molar-refractivity contribution in [2.24, 2.45) is 5.73 Å². The highest BCUT2D eigenvalue weighted by molar-refractivity contribution is 6.08. The van der Waals surface area contributed by atoms with Crippen molar-refractivity contribution in [3.8, 4) is 5.75 Å². The lowest BCUT2D eigenvalue weighted by atomic mass is 9.98. The number of fused-ring (bicyclic) bond motifs is 1. The molecule has 1 amide bonds. The van der Waals surface area contributed by atoms with Gasteiger partial charge in [-0.2, -0.15) is 0 Å². The molecule has 0 spiro atoms. The van der Waals surface area contributed by atoms with E-state index in [1.54, 1.807) is 4.90 Å². The molecule has 108 valence electrons. The predicted octanol–water partition coefficient (Wildman–Crippen LogP) is 2.23. The Morgan fingerprint density at radius 3 is 2.86 bits per heavy atom. The lowest BCUT2D eigenvalue weighted by molar-refractivity contribution is 0.0980. The predicted molar refractivity (Wildman–Crippen MR) is 82.8 cm³/mol. The molecular weight excluding hydrogens is 264 g/mol. The molecule has 0 unspecified atom stereocenters. The zero-order valence-electron chi connectivity index (χ0n) is 11.8. The highest BCUT2D eigenvalue weighted by Crippen LogP contribution is 2.27. The van der Waals surface area contributed by atoms with Gasteiger partial charge in [-0.05, 0) is 30.2 Å². The lowest BCUT2D eigenvalue weighted by Crippen LogP contribution is -2.37. The number of rotatable bonds is 4. The summed E-state index contributed by atoms with van der Waals surface area (Å²) < 4.78 is 5.53. The highest BCUT2D eigenvalue weighted by atomic mass is 16.5. The van der Waals surface area contributed by atoms with Crippen molar-refractivity contribution in [2.45, 2.75) is 6.42 Å². The minimum absolute atomic E-state index is 0.0489. The van der Waals surface area contributed by atoms with Crippen molar-refractivity contribution in [1.82, 2.24) is 0 Å². The summed E-state index contributed by atoms with van der Waals surface area (Å²) in [7, 11) is 0. The number of hydrogen-bond donors (Lipinski definition) is 1. The van der Waals surface area contributed by atoms with E-state index in [1.807, 2.05) is 48.5 Å². The van der Waals surface area contributed by atoms with Gasteiger partial charge in [0, 0.05) is 30.4 Å². The van der Waals surface area contributed by atoms with E-state index in [-0.39, 0.29) is 5.91 Å². The van der Waals surface area contributed by atoms with Gasteiger partial charge < -0.3 is 15.4 Å². The largest absolute Gasteiger partial charge is 0.492 e. The fourth-order valence-corrected chi connectivity index (χ4v) is 2.59. The normalized spacial score (nSPS) is 14.0. The Balaban J connectivity index is 1.86. The van der Waals surface area contributed by atoms with Crippen molar-refractivity contribution in [1.29, 1.82) is 0 Å². The summed E-state index contributed by atoms with van der Waals surface area (Å²) in [6, 6.07) is 15.4. The summed E-state index contributed by atoms with van der Waals surface area (Å²) in [5.74, 6) is 0.789. The first kappa shape index (κ1) is 13.6. The number of hydrogen-bond acceptors (Lipinski definition) is 3. The maximum absolute atomic E-state index is 12.6. The average molecular weight is 282 g/mol. The first-order valence-electron chi connectivity index (χ1n) is 7.12. The smallest absolute Gasteiger partial charge is 0.258 e. The molecule has 1 aliphatic rings. The minimum Gasteiger partial charge on any atom is -0.492 e. The van der Waals surface area contributed by atoms with Gasteiger partial charge in [0.15, 0.2) is 0 Å². The molecule has 0 aliphatic carbocycles. The molecule has 0 saturated heterocycles. The average Bonchev–Trinajstić information content (AvgIpc) is 2.54. The molecule has 4 heteroatoms. The first-order valence-corrected chi connectivity index (χ1v) is 7.12. The third kappa shape index (κ3) is 2.76. The van der Waals surface area contributed by atoms with Crippen LogP contribution in [0.25, 0.3) is 0 Å². The summed E-state index contributed by atoms with van der Waals surface area (Å²) in [4.78, 5) is 14.4. The van der Waals surface area contributed by atoms with Crippen molar-refractivity contribution >= 4 is 11.6 Å². The fourth-order valence-electron chi connectivity index (χ4n) is 2.59. The van der Waals surface area contributed by atoms with Gasteiger partial charge in [-0.25, -0.2) is 0 Å². The van der Waals surface area contributed by atoms with E-state index in [4.69, 9.17) is 10.5 Å². The summed E-state index contributed by atoms with van der Waals surface area (Å²) in [6.07, 6.45) is 0.871. The molecule has 0 fully saturated rings. The van der Waals surface area contributed by atoms with Crippen molar-refractivity contribution in [2.75, 3.05) is 24.6 Å². The van der Waals surface area contributed by atoms with Crippen LogP contribution in [-0.2, 0) is 6.42 Å². The van der Waals surface area contributed by atoms with E-state index in [2.05, 4.69) is 0 Å². The second-order valence-electron chi connectivity index (χ2n) is 5.00. The molecule has 0 aromatic heterocycles. The third-order valence-corrected chi connectivity index (χ3v) is 3.61. The molecular formula is C17H18N2O2. The minimum atomic E-state index is 0.0489. The van der Waals surface area contributed by atoms with Crippen LogP contribution in [-0.4, -0.2) is 25.6 Å². The number of amides is 1. The van der Waals surface area contributed by atoms with Gasteiger partial charge in [0.1, 0.15) is 12.4 Å². The molecule has 0 atom stereocenters. The Morgan fingerprint density at radius 2 is 2.00 bits per heavy atom. The molecule has 0 radical (unpaired) electrons. The maximum Gasteiger partial charge on any atom is 0.258 e. The van der Waals surface area contributed by atoms with Crippen LogP contribution < -0.4 is 15.4 Å². The SMILES string of the molecule is NCCOc1cccc(N2CCc3ccccc3C2=O)c1. The maximum atomic E-state index is 12.6. The van der Waals surface area contributed by atoms with E-state index in [0.29, 0.717) is 19.7 Å². The molecule has 2 aromatic rings. The van der Waals surface area contributed by atoms with Crippen LogP contribution in [0, 0.1) is 0 Å². The highest BCUT2D eigenvalue weighted by Gasteiger charge is 2.25. The first-order chi connectivity index (χ1) is 10.3. The topological polar surface area (TPSA) is 55.6 Å². The van der Waals surface area contributed by atoms with E-state index < -0.39 is 0 Å². The lowest BCUT2D eigenvalue weighted by Gasteiger charge is -2.28. The van der Waals surface area contributed by atoms with E-state index >= 15 is 0 Å². The zero-order chi connectivity index (χ0) is 14.7. The molecule has 2 N–H and O–H groups in total. The number of anilines is 1. The third-order valence-electron chi connectivity index (χ3n) is 3.61. The van der Waals surface area contributed by atoms with Crippen LogP contribution in [0.4, 0.5) is 5.69 Å². The molecule has 21 heavy (non-hydrogen) atoms. The summed E-state index contributed by atoms with van der Waals surface area (Å²) in [5.41, 5.74) is 8.22. The number of benzene rings is 2. The molecule has 4 nitrogen and oxygen atoms in total. The number of carbonyl (C=O) groups excluding carboxylic acids is 1. The van der Waals surface area contributed by atoms with E-state index in [9.17, 15) is 4.79 Å².